The van der Waals surface area contributed by atoms with Gasteiger partial charge in [0.15, 0.2) is 0 Å². The number of primary amides is 1. The standard InChI is InChI=1S/C18H34N6O6/c1-10(2)15(21)18(30)24-11(5-3-4-8-19)17(29)23-12(6-7-13(20)25)16(28)22-9-14(26)27/h10-12,15H,3-9,19,21H2,1-2H3,(H2,20,25)(H,22,28)(H,23,29)(H,24,30)(H,26,27). The number of hydrogen-bond acceptors (Lipinski definition) is 7. The molecule has 0 rings (SSSR count). The maximum atomic E-state index is 12.8. The summed E-state index contributed by atoms with van der Waals surface area (Å²) in [6, 6.07) is -2.99. The second-order valence-electron chi connectivity index (χ2n) is 7.29. The molecule has 12 heteroatoms. The maximum Gasteiger partial charge on any atom is 0.322 e. The predicted molar refractivity (Wildman–Crippen MR) is 109 cm³/mol. The highest BCUT2D eigenvalue weighted by molar-refractivity contribution is 5.93. The molecule has 3 atom stereocenters. The van der Waals surface area contributed by atoms with Crippen LogP contribution >= 0.6 is 0 Å². The number of rotatable bonds is 15. The summed E-state index contributed by atoms with van der Waals surface area (Å²) in [6.07, 6.45) is 1.11. The fourth-order valence-corrected chi connectivity index (χ4v) is 2.45. The van der Waals surface area contributed by atoms with Crippen molar-refractivity contribution in [3.8, 4) is 0 Å². The molecular formula is C18H34N6O6. The molecule has 0 aromatic rings. The molecule has 12 nitrogen and oxygen atoms in total. The fourth-order valence-electron chi connectivity index (χ4n) is 2.45. The molecule has 0 aromatic carbocycles. The smallest absolute Gasteiger partial charge is 0.322 e. The van der Waals surface area contributed by atoms with Crippen molar-refractivity contribution in [3.05, 3.63) is 0 Å². The molecule has 3 unspecified atom stereocenters. The summed E-state index contributed by atoms with van der Waals surface area (Å²) >= 11 is 0. The molecule has 0 aliphatic rings. The summed E-state index contributed by atoms with van der Waals surface area (Å²) in [6.45, 7) is 3.29. The van der Waals surface area contributed by atoms with E-state index >= 15 is 0 Å². The molecule has 0 bridgehead atoms. The second-order valence-corrected chi connectivity index (χ2v) is 7.29. The van der Waals surface area contributed by atoms with E-state index in [-0.39, 0.29) is 25.2 Å². The third-order valence-electron chi connectivity index (χ3n) is 4.33. The van der Waals surface area contributed by atoms with Gasteiger partial charge in [-0.1, -0.05) is 13.8 Å². The molecular weight excluding hydrogens is 396 g/mol. The molecule has 0 spiro atoms. The Balaban J connectivity index is 5.29. The Labute approximate surface area is 175 Å². The van der Waals surface area contributed by atoms with Crippen LogP contribution in [-0.2, 0) is 24.0 Å². The SMILES string of the molecule is CC(C)C(N)C(=O)NC(CCCCN)C(=O)NC(CCC(N)=O)C(=O)NCC(=O)O. The van der Waals surface area contributed by atoms with Crippen LogP contribution in [0.3, 0.4) is 0 Å². The Hall–Kier alpha value is -2.73. The molecule has 172 valence electrons. The van der Waals surface area contributed by atoms with E-state index in [0.717, 1.165) is 0 Å². The predicted octanol–water partition coefficient (Wildman–Crippen LogP) is -2.47. The number of carboxylic acids is 1. The van der Waals surface area contributed by atoms with Gasteiger partial charge in [0, 0.05) is 6.42 Å². The van der Waals surface area contributed by atoms with E-state index in [1.807, 2.05) is 0 Å². The van der Waals surface area contributed by atoms with Crippen LogP contribution in [0.2, 0.25) is 0 Å². The molecule has 0 aromatic heterocycles. The lowest BCUT2D eigenvalue weighted by Crippen LogP contribution is -2.56. The van der Waals surface area contributed by atoms with E-state index in [1.54, 1.807) is 13.8 Å². The van der Waals surface area contributed by atoms with Gasteiger partial charge < -0.3 is 38.3 Å². The largest absolute Gasteiger partial charge is 0.480 e. The average Bonchev–Trinajstić information content (AvgIpc) is 2.67. The number of carboxylic acid groups (broad SMARTS) is 1. The fraction of sp³-hybridized carbons (Fsp3) is 0.722. The Morgan fingerprint density at radius 3 is 1.97 bits per heavy atom. The van der Waals surface area contributed by atoms with Gasteiger partial charge in [-0.15, -0.1) is 0 Å². The zero-order valence-electron chi connectivity index (χ0n) is 17.5. The number of nitrogens with one attached hydrogen (secondary N) is 3. The summed E-state index contributed by atoms with van der Waals surface area (Å²) < 4.78 is 0. The van der Waals surface area contributed by atoms with E-state index in [0.29, 0.717) is 19.4 Å². The van der Waals surface area contributed by atoms with Crippen LogP contribution in [0, 0.1) is 5.92 Å². The van der Waals surface area contributed by atoms with Gasteiger partial charge in [0.1, 0.15) is 18.6 Å². The molecule has 0 saturated heterocycles. The Morgan fingerprint density at radius 2 is 1.47 bits per heavy atom. The third kappa shape index (κ3) is 11.3. The van der Waals surface area contributed by atoms with Crippen LogP contribution in [0.4, 0.5) is 0 Å². The van der Waals surface area contributed by atoms with Crippen LogP contribution in [-0.4, -0.2) is 65.9 Å². The number of carbonyl (C=O) groups is 5. The summed E-state index contributed by atoms with van der Waals surface area (Å²) in [5, 5.41) is 15.9. The summed E-state index contributed by atoms with van der Waals surface area (Å²) in [7, 11) is 0. The van der Waals surface area contributed by atoms with Gasteiger partial charge in [0.05, 0.1) is 6.04 Å². The van der Waals surface area contributed by atoms with E-state index in [9.17, 15) is 24.0 Å². The number of unbranched alkanes of at least 4 members (excludes halogenated alkanes) is 1. The lowest BCUT2D eigenvalue weighted by atomic mass is 10.0. The van der Waals surface area contributed by atoms with Gasteiger partial charge in [-0.05, 0) is 38.1 Å². The van der Waals surface area contributed by atoms with Crippen LogP contribution < -0.4 is 33.2 Å². The monoisotopic (exact) mass is 430 g/mol. The van der Waals surface area contributed by atoms with Gasteiger partial charge in [-0.25, -0.2) is 0 Å². The van der Waals surface area contributed by atoms with Gasteiger partial charge >= 0.3 is 5.97 Å². The van der Waals surface area contributed by atoms with Gasteiger partial charge in [-0.3, -0.25) is 24.0 Å². The second kappa shape index (κ2) is 14.3. The van der Waals surface area contributed by atoms with Crippen molar-refractivity contribution in [2.75, 3.05) is 13.1 Å². The summed E-state index contributed by atoms with van der Waals surface area (Å²) in [5.41, 5.74) is 16.4. The molecule has 0 radical (unpaired) electrons. The van der Waals surface area contributed by atoms with Gasteiger partial charge in [-0.2, -0.15) is 0 Å². The Kier molecular flexibility index (Phi) is 13.0. The number of amides is 4. The van der Waals surface area contributed by atoms with E-state index in [4.69, 9.17) is 22.3 Å². The lowest BCUT2D eigenvalue weighted by molar-refractivity contribution is -0.138. The normalized spacial score (nSPS) is 13.8. The number of aliphatic carboxylic acids is 1. The highest BCUT2D eigenvalue weighted by Gasteiger charge is 2.28. The van der Waals surface area contributed by atoms with Gasteiger partial charge in [0.2, 0.25) is 23.6 Å². The highest BCUT2D eigenvalue weighted by Crippen LogP contribution is 2.06. The van der Waals surface area contributed by atoms with Crippen LogP contribution in [0.5, 0.6) is 0 Å². The first kappa shape index (κ1) is 27.3. The third-order valence-corrected chi connectivity index (χ3v) is 4.33. The molecule has 4 amide bonds. The van der Waals surface area contributed by atoms with E-state index in [1.165, 1.54) is 0 Å². The molecule has 0 saturated carbocycles. The summed E-state index contributed by atoms with van der Waals surface area (Å²) in [4.78, 5) is 59.0. The lowest BCUT2D eigenvalue weighted by Gasteiger charge is -2.24. The molecule has 0 fully saturated rings. The average molecular weight is 431 g/mol. The first-order chi connectivity index (χ1) is 14.0. The molecule has 0 heterocycles. The van der Waals surface area contributed by atoms with Gasteiger partial charge in [0.25, 0.3) is 0 Å². The van der Waals surface area contributed by atoms with Crippen molar-refractivity contribution in [2.24, 2.45) is 23.1 Å². The Bertz CT molecular complexity index is 612. The summed E-state index contributed by atoms with van der Waals surface area (Å²) in [5.74, 6) is -4.05. The minimum absolute atomic E-state index is 0.124. The van der Waals surface area contributed by atoms with Crippen molar-refractivity contribution >= 4 is 29.6 Å². The molecule has 0 aliphatic carbocycles. The van der Waals surface area contributed by atoms with Crippen molar-refractivity contribution in [1.82, 2.24) is 16.0 Å². The number of carbonyl (C=O) groups excluding carboxylic acids is 4. The minimum atomic E-state index is -1.27. The van der Waals surface area contributed by atoms with Crippen molar-refractivity contribution < 1.29 is 29.1 Å². The number of hydrogen-bond donors (Lipinski definition) is 7. The van der Waals surface area contributed by atoms with Crippen molar-refractivity contribution in [3.63, 3.8) is 0 Å². The highest BCUT2D eigenvalue weighted by atomic mass is 16.4. The zero-order chi connectivity index (χ0) is 23.3. The van der Waals surface area contributed by atoms with E-state index in [2.05, 4.69) is 16.0 Å². The van der Waals surface area contributed by atoms with E-state index < -0.39 is 54.3 Å². The minimum Gasteiger partial charge on any atom is -0.480 e. The molecule has 0 aliphatic heterocycles. The first-order valence-corrected chi connectivity index (χ1v) is 9.83. The maximum absolute atomic E-state index is 12.8. The van der Waals surface area contributed by atoms with Crippen LogP contribution in [0.15, 0.2) is 0 Å². The van der Waals surface area contributed by atoms with Crippen molar-refractivity contribution in [2.45, 2.75) is 64.1 Å². The quantitative estimate of drug-likeness (QED) is 0.138. The first-order valence-electron chi connectivity index (χ1n) is 9.83. The topological polar surface area (TPSA) is 220 Å². The van der Waals surface area contributed by atoms with Crippen molar-refractivity contribution in [1.29, 1.82) is 0 Å². The molecule has 10 N–H and O–H groups in total. The molecule has 30 heavy (non-hydrogen) atoms. The zero-order valence-corrected chi connectivity index (χ0v) is 17.5. The number of nitrogens with two attached hydrogens (primary N) is 3. The van der Waals surface area contributed by atoms with Crippen LogP contribution in [0.1, 0.15) is 46.0 Å². The van der Waals surface area contributed by atoms with Crippen LogP contribution in [0.25, 0.3) is 0 Å². The Morgan fingerprint density at radius 1 is 0.900 bits per heavy atom.